The average Bonchev–Trinajstić information content (AvgIpc) is 3.37. The number of hydrogen-bond acceptors (Lipinski definition) is 7. The van der Waals surface area contributed by atoms with Crippen molar-refractivity contribution >= 4 is 11.5 Å². The Morgan fingerprint density at radius 3 is 2.65 bits per heavy atom. The molecule has 2 heterocycles. The first-order valence-electron chi connectivity index (χ1n) is 14.4. The number of β-amino-alcohol motifs (C(OH)–C–C–N with tert-alkyl or cyclic N) is 1. The number of aliphatic hydroxyl groups is 1. The summed E-state index contributed by atoms with van der Waals surface area (Å²) in [6.07, 6.45) is 10.2. The van der Waals surface area contributed by atoms with Gasteiger partial charge in [-0.1, -0.05) is 49.4 Å². The lowest BCUT2D eigenvalue weighted by Gasteiger charge is -2.40. The van der Waals surface area contributed by atoms with Crippen molar-refractivity contribution in [2.24, 2.45) is 5.92 Å². The monoisotopic (exact) mass is 549 g/mol. The van der Waals surface area contributed by atoms with Crippen molar-refractivity contribution in [2.45, 2.75) is 57.5 Å². The van der Waals surface area contributed by atoms with Crippen LogP contribution in [0.25, 0.3) is 5.57 Å². The molecule has 4 atom stereocenters. The molecule has 40 heavy (non-hydrogen) atoms. The van der Waals surface area contributed by atoms with Crippen LogP contribution < -0.4 is 5.32 Å². The number of nitrogens with zero attached hydrogens (tertiary/aromatic N) is 2. The van der Waals surface area contributed by atoms with Gasteiger partial charge < -0.3 is 29.9 Å². The van der Waals surface area contributed by atoms with Gasteiger partial charge in [-0.15, -0.1) is 0 Å². The van der Waals surface area contributed by atoms with E-state index >= 15 is 0 Å². The fraction of sp³-hybridized carbons (Fsp3) is 0.500. The molecule has 1 aromatic carbocycles. The number of pyridine rings is 1. The summed E-state index contributed by atoms with van der Waals surface area (Å²) in [5.74, 6) is -1.86. The van der Waals surface area contributed by atoms with Gasteiger partial charge in [0.05, 0.1) is 19.3 Å². The molecule has 0 spiro atoms. The number of likely N-dealkylation sites (tertiary alicyclic amines) is 1. The number of nitrogens with one attached hydrogen (secondary N) is 1. The van der Waals surface area contributed by atoms with Crippen LogP contribution in [0.4, 0.5) is 0 Å². The van der Waals surface area contributed by atoms with Gasteiger partial charge in [-0.3, -0.25) is 9.78 Å². The third kappa shape index (κ3) is 8.08. The number of aryl methyl sites for hydroxylation is 1. The lowest BCUT2D eigenvalue weighted by Crippen LogP contribution is -2.44. The van der Waals surface area contributed by atoms with Gasteiger partial charge in [0.15, 0.2) is 5.79 Å². The van der Waals surface area contributed by atoms with Crippen LogP contribution in [0.1, 0.15) is 43.0 Å². The minimum atomic E-state index is -0.920. The molecule has 1 fully saturated rings. The molecule has 3 N–H and O–H groups in total. The van der Waals surface area contributed by atoms with E-state index in [0.29, 0.717) is 32.6 Å². The van der Waals surface area contributed by atoms with E-state index in [1.807, 2.05) is 36.4 Å². The smallest absolute Gasteiger partial charge is 0.321 e. The maximum Gasteiger partial charge on any atom is 0.321 e. The van der Waals surface area contributed by atoms with Crippen molar-refractivity contribution in [3.63, 3.8) is 0 Å². The topological polar surface area (TPSA) is 104 Å². The molecule has 1 aromatic heterocycles. The van der Waals surface area contributed by atoms with E-state index in [-0.39, 0.29) is 12.0 Å². The summed E-state index contributed by atoms with van der Waals surface area (Å²) < 4.78 is 13.1. The molecule has 216 valence electrons. The predicted octanol–water partition coefficient (Wildman–Crippen LogP) is 3.84. The second-order valence-corrected chi connectivity index (χ2v) is 10.8. The largest absolute Gasteiger partial charge is 0.480 e. The van der Waals surface area contributed by atoms with Gasteiger partial charge in [-0.25, -0.2) is 0 Å². The summed E-state index contributed by atoms with van der Waals surface area (Å²) in [6, 6.07) is 13.2. The summed E-state index contributed by atoms with van der Waals surface area (Å²) >= 11 is 0. The predicted molar refractivity (Wildman–Crippen MR) is 156 cm³/mol. The lowest BCUT2D eigenvalue weighted by atomic mass is 9.82. The molecular formula is C32H43N3O5. The second kappa shape index (κ2) is 14.7. The van der Waals surface area contributed by atoms with E-state index in [0.717, 1.165) is 38.2 Å². The lowest BCUT2D eigenvalue weighted by molar-refractivity contribution is -0.223. The number of hydrogen-bond donors (Lipinski definition) is 3. The number of carboxylic acids is 1. The highest BCUT2D eigenvalue weighted by Gasteiger charge is 2.40. The zero-order chi connectivity index (χ0) is 28.4. The molecular weight excluding hydrogens is 506 g/mol. The van der Waals surface area contributed by atoms with Gasteiger partial charge in [0.2, 0.25) is 0 Å². The fourth-order valence-corrected chi connectivity index (χ4v) is 5.49. The molecule has 8 nitrogen and oxygen atoms in total. The number of allylic oxidation sites excluding steroid dienone is 2. The Bertz CT molecular complexity index is 1150. The van der Waals surface area contributed by atoms with Crippen LogP contribution >= 0.6 is 0 Å². The van der Waals surface area contributed by atoms with Gasteiger partial charge >= 0.3 is 5.97 Å². The number of carboxylic acid groups (broad SMARTS) is 1. The highest BCUT2D eigenvalue weighted by Crippen LogP contribution is 2.40. The number of carbonyl (C=O) groups is 1. The Kier molecular flexibility index (Phi) is 11.0. The average molecular weight is 550 g/mol. The van der Waals surface area contributed by atoms with Crippen LogP contribution in [0.5, 0.6) is 0 Å². The molecule has 8 heteroatoms. The number of aliphatic carboxylic acids is 1. The fourth-order valence-electron chi connectivity index (χ4n) is 5.49. The number of aliphatic hydroxyl groups excluding tert-OH is 1. The van der Waals surface area contributed by atoms with Gasteiger partial charge in [0, 0.05) is 43.9 Å². The Labute approximate surface area is 237 Å². The molecule has 1 saturated heterocycles. The highest BCUT2D eigenvalue weighted by molar-refractivity contribution is 5.74. The van der Waals surface area contributed by atoms with Crippen LogP contribution in [0.15, 0.2) is 66.9 Å². The van der Waals surface area contributed by atoms with Crippen molar-refractivity contribution in [3.8, 4) is 0 Å². The van der Waals surface area contributed by atoms with Crippen LogP contribution in [0.2, 0.25) is 0 Å². The van der Waals surface area contributed by atoms with Gasteiger partial charge in [0.25, 0.3) is 0 Å². The Balaban J connectivity index is 1.36. The molecule has 0 bridgehead atoms. The normalized spacial score (nSPS) is 23.7. The number of rotatable bonds is 15. The Hall–Kier alpha value is -2.88. The number of aromatic nitrogens is 1. The van der Waals surface area contributed by atoms with Crippen LogP contribution in [0, 0.1) is 12.8 Å². The highest BCUT2D eigenvalue weighted by atomic mass is 16.7. The van der Waals surface area contributed by atoms with Crippen molar-refractivity contribution in [1.82, 2.24) is 15.2 Å². The molecule has 0 saturated carbocycles. The molecule has 3 unspecified atom stereocenters. The van der Waals surface area contributed by atoms with E-state index in [1.54, 1.807) is 6.20 Å². The summed E-state index contributed by atoms with van der Waals surface area (Å²) in [5.41, 5.74) is 4.30. The minimum Gasteiger partial charge on any atom is -0.480 e. The standard InChI is InChI=1S/C32H43N3O5/c1-24-10-3-4-12-28(24)29-13-7-15-32(25(29)2,40-21-9-18-35-19-14-27(36)23-35)39-20-8-17-34-30(31(37)38)22-26-11-5-6-16-33-26/h3-7,10-13,15-16,25,27,30,34,36H,8-9,14,17-23H2,1-2H3,(H,37,38)/t25?,27-,30?,32?/m1/s1. The van der Waals surface area contributed by atoms with Crippen molar-refractivity contribution < 1.29 is 24.5 Å². The zero-order valence-electron chi connectivity index (χ0n) is 23.7. The SMILES string of the molecule is Cc1ccccc1C1=CC=CC(OCCCNC(Cc2ccccn2)C(=O)O)(OCCCN2CC[C@@H](O)C2)C1C. The van der Waals surface area contributed by atoms with Crippen molar-refractivity contribution in [3.05, 3.63) is 83.7 Å². The Morgan fingerprint density at radius 1 is 1.18 bits per heavy atom. The minimum absolute atomic E-state index is 0.0453. The molecule has 2 aliphatic rings. The molecule has 2 aromatic rings. The molecule has 1 aliphatic heterocycles. The number of benzene rings is 1. The second-order valence-electron chi connectivity index (χ2n) is 10.8. The van der Waals surface area contributed by atoms with E-state index < -0.39 is 17.8 Å². The summed E-state index contributed by atoms with van der Waals surface area (Å²) in [5, 5.41) is 22.6. The van der Waals surface area contributed by atoms with E-state index in [2.05, 4.69) is 53.3 Å². The van der Waals surface area contributed by atoms with Gasteiger partial charge in [-0.05, 0) is 67.6 Å². The molecule has 1 aliphatic carbocycles. The van der Waals surface area contributed by atoms with Gasteiger partial charge in [0.1, 0.15) is 6.04 Å². The third-order valence-corrected chi connectivity index (χ3v) is 7.80. The first kappa shape index (κ1) is 30.1. The quantitative estimate of drug-likeness (QED) is 0.227. The zero-order valence-corrected chi connectivity index (χ0v) is 23.7. The van der Waals surface area contributed by atoms with Gasteiger partial charge in [-0.2, -0.15) is 0 Å². The summed E-state index contributed by atoms with van der Waals surface area (Å²) in [6.45, 7) is 8.22. The van der Waals surface area contributed by atoms with Crippen LogP contribution in [-0.2, 0) is 20.7 Å². The van der Waals surface area contributed by atoms with Crippen LogP contribution in [0.3, 0.4) is 0 Å². The maximum absolute atomic E-state index is 11.8. The maximum atomic E-state index is 11.8. The Morgan fingerprint density at radius 2 is 1.95 bits per heavy atom. The first-order chi connectivity index (χ1) is 19.4. The molecule has 0 radical (unpaired) electrons. The third-order valence-electron chi connectivity index (χ3n) is 7.80. The van der Waals surface area contributed by atoms with Crippen molar-refractivity contribution in [1.29, 1.82) is 0 Å². The van der Waals surface area contributed by atoms with Crippen molar-refractivity contribution in [2.75, 3.05) is 39.4 Å². The molecule has 0 amide bonds. The molecule has 4 rings (SSSR count). The van der Waals surface area contributed by atoms with E-state index in [1.165, 1.54) is 16.7 Å². The summed E-state index contributed by atoms with van der Waals surface area (Å²) in [7, 11) is 0. The van der Waals surface area contributed by atoms with Crippen LogP contribution in [-0.4, -0.2) is 83.4 Å². The number of ether oxygens (including phenoxy) is 2. The first-order valence-corrected chi connectivity index (χ1v) is 14.4. The van der Waals surface area contributed by atoms with E-state index in [4.69, 9.17) is 9.47 Å². The van der Waals surface area contributed by atoms with E-state index in [9.17, 15) is 15.0 Å². The summed E-state index contributed by atoms with van der Waals surface area (Å²) in [4.78, 5) is 18.3.